The fourth-order valence-electron chi connectivity index (χ4n) is 6.08. The van der Waals surface area contributed by atoms with Crippen LogP contribution in [0.5, 0.6) is 17.2 Å². The summed E-state index contributed by atoms with van der Waals surface area (Å²) in [6.07, 6.45) is -0.229. The average Bonchev–Trinajstić information content (AvgIpc) is 3.07. The number of methoxy groups -OCH3 is 1. The molecule has 2 aliphatic heterocycles. The van der Waals surface area contributed by atoms with E-state index >= 15 is 0 Å². The van der Waals surface area contributed by atoms with Crippen LogP contribution in [0.1, 0.15) is 50.7 Å². The molecule has 0 unspecified atom stereocenters. The standard InChI is InChI=1S/C38H49ClN2O8/c1-38(2,3)49-37(43)41-24-32(42)36(28-12-14-29(15-13-28)45-20-8-21-46-33-10-6-5-9-30(33)39)35(25-41)48-26-27-11-16-34-31(23-27)40(18-22-47-34)17-7-19-44-4/h5-6,9-16,23,32,35-36,42H,7-8,17-22,24-26H2,1-4H3/t32-,35+,36+/m1/s1. The number of ether oxygens (including phenoxy) is 6. The number of para-hydroxylation sites is 1. The minimum Gasteiger partial charge on any atom is -0.493 e. The Balaban J connectivity index is 1.25. The zero-order chi connectivity index (χ0) is 34.8. The summed E-state index contributed by atoms with van der Waals surface area (Å²) >= 11 is 6.16. The molecule has 0 aliphatic carbocycles. The molecule has 1 fully saturated rings. The number of anilines is 1. The van der Waals surface area contributed by atoms with Crippen LogP contribution in [0, 0.1) is 0 Å². The topological polar surface area (TPSA) is 99.2 Å². The van der Waals surface area contributed by atoms with Crippen molar-refractivity contribution < 1.29 is 38.3 Å². The minimum absolute atomic E-state index is 0.135. The Morgan fingerprint density at radius 3 is 2.51 bits per heavy atom. The third kappa shape index (κ3) is 10.4. The van der Waals surface area contributed by atoms with Gasteiger partial charge >= 0.3 is 6.09 Å². The fourth-order valence-corrected chi connectivity index (χ4v) is 6.27. The lowest BCUT2D eigenvalue weighted by Crippen LogP contribution is -2.54. The predicted octanol–water partition coefficient (Wildman–Crippen LogP) is 6.70. The Bertz CT molecular complexity index is 1500. The van der Waals surface area contributed by atoms with Gasteiger partial charge in [-0.25, -0.2) is 4.79 Å². The van der Waals surface area contributed by atoms with Crippen LogP contribution in [0.15, 0.2) is 66.7 Å². The Labute approximate surface area is 294 Å². The van der Waals surface area contributed by atoms with Crippen molar-refractivity contribution in [1.29, 1.82) is 0 Å². The number of carbonyl (C=O) groups excluding carboxylic acids is 1. The van der Waals surface area contributed by atoms with E-state index in [0.29, 0.717) is 56.0 Å². The van der Waals surface area contributed by atoms with E-state index in [9.17, 15) is 9.90 Å². The number of likely N-dealkylation sites (tertiary alicyclic amines) is 1. The van der Waals surface area contributed by atoms with Gasteiger partial charge < -0.3 is 43.3 Å². The number of halogens is 1. The lowest BCUT2D eigenvalue weighted by atomic mass is 9.84. The molecule has 1 N–H and O–H groups in total. The molecule has 11 heteroatoms. The van der Waals surface area contributed by atoms with E-state index in [1.54, 1.807) is 13.2 Å². The van der Waals surface area contributed by atoms with Crippen LogP contribution in [0.25, 0.3) is 0 Å². The SMILES string of the molecule is COCCCN1CCOc2ccc(CO[C@H]3CN(C(=O)OC(C)(C)C)C[C@@H](O)[C@@H]3c3ccc(OCCCOc4ccccc4Cl)cc3)cc21. The van der Waals surface area contributed by atoms with Crippen LogP contribution < -0.4 is 19.1 Å². The molecule has 49 heavy (non-hydrogen) atoms. The van der Waals surface area contributed by atoms with Gasteiger partial charge in [0.2, 0.25) is 0 Å². The Kier molecular flexibility index (Phi) is 12.9. The molecule has 3 aromatic carbocycles. The van der Waals surface area contributed by atoms with Crippen molar-refractivity contribution >= 4 is 23.4 Å². The van der Waals surface area contributed by atoms with E-state index in [1.165, 1.54) is 4.90 Å². The second-order valence-corrected chi connectivity index (χ2v) is 13.8. The van der Waals surface area contributed by atoms with Crippen LogP contribution in [0.3, 0.4) is 0 Å². The molecule has 5 rings (SSSR count). The van der Waals surface area contributed by atoms with E-state index in [1.807, 2.05) is 75.4 Å². The zero-order valence-corrected chi connectivity index (χ0v) is 29.7. The lowest BCUT2D eigenvalue weighted by molar-refractivity contribution is -0.0755. The molecule has 1 saturated heterocycles. The number of β-amino-alcohol motifs (C(OH)–C–C–N with tert-alkyl or cyclic N) is 1. The molecule has 3 atom stereocenters. The number of carbonyl (C=O) groups is 1. The van der Waals surface area contributed by atoms with Gasteiger partial charge in [-0.3, -0.25) is 0 Å². The average molecular weight is 697 g/mol. The molecular weight excluding hydrogens is 648 g/mol. The second kappa shape index (κ2) is 17.3. The molecule has 2 heterocycles. The number of aliphatic hydroxyl groups is 1. The quantitative estimate of drug-likeness (QED) is 0.185. The molecule has 0 radical (unpaired) electrons. The van der Waals surface area contributed by atoms with Crippen molar-refractivity contribution in [1.82, 2.24) is 4.90 Å². The van der Waals surface area contributed by atoms with Gasteiger partial charge in [0.1, 0.15) is 29.5 Å². The van der Waals surface area contributed by atoms with Crippen molar-refractivity contribution in [2.45, 2.75) is 63.9 Å². The van der Waals surface area contributed by atoms with Crippen molar-refractivity contribution in [2.75, 3.05) is 64.6 Å². The first-order chi connectivity index (χ1) is 23.6. The number of aliphatic hydroxyl groups excluding tert-OH is 1. The largest absolute Gasteiger partial charge is 0.493 e. The fraction of sp³-hybridized carbons (Fsp3) is 0.500. The van der Waals surface area contributed by atoms with Gasteiger partial charge in [-0.1, -0.05) is 41.9 Å². The highest BCUT2D eigenvalue weighted by Crippen LogP contribution is 2.36. The van der Waals surface area contributed by atoms with Crippen LogP contribution >= 0.6 is 11.6 Å². The van der Waals surface area contributed by atoms with Crippen LogP contribution in [-0.2, 0) is 20.8 Å². The lowest BCUT2D eigenvalue weighted by Gasteiger charge is -2.42. The number of nitrogens with zero attached hydrogens (tertiary/aromatic N) is 2. The summed E-state index contributed by atoms with van der Waals surface area (Å²) in [6.45, 7) is 10.2. The van der Waals surface area contributed by atoms with E-state index in [0.717, 1.165) is 42.1 Å². The van der Waals surface area contributed by atoms with Crippen molar-refractivity contribution in [3.05, 3.63) is 82.9 Å². The molecule has 266 valence electrons. The Morgan fingerprint density at radius 1 is 0.980 bits per heavy atom. The number of fused-ring (bicyclic) bond motifs is 1. The number of hydrogen-bond donors (Lipinski definition) is 1. The number of hydrogen-bond acceptors (Lipinski definition) is 9. The molecule has 0 saturated carbocycles. The predicted molar refractivity (Wildman–Crippen MR) is 189 cm³/mol. The maximum Gasteiger partial charge on any atom is 0.410 e. The summed E-state index contributed by atoms with van der Waals surface area (Å²) in [6, 6.07) is 21.2. The molecule has 1 amide bonds. The highest BCUT2D eigenvalue weighted by molar-refractivity contribution is 6.32. The molecule has 0 aromatic heterocycles. The van der Waals surface area contributed by atoms with Gasteiger partial charge in [-0.05, 0) is 74.7 Å². The van der Waals surface area contributed by atoms with Crippen LogP contribution in [0.4, 0.5) is 10.5 Å². The summed E-state index contributed by atoms with van der Waals surface area (Å²) in [4.78, 5) is 16.9. The smallest absolute Gasteiger partial charge is 0.410 e. The van der Waals surface area contributed by atoms with E-state index in [4.69, 9.17) is 40.0 Å². The molecule has 0 bridgehead atoms. The number of benzene rings is 3. The van der Waals surface area contributed by atoms with Gasteiger partial charge in [0.25, 0.3) is 0 Å². The Morgan fingerprint density at radius 2 is 1.76 bits per heavy atom. The number of amides is 1. The Hall–Kier alpha value is -3.70. The maximum absolute atomic E-state index is 13.1. The number of rotatable bonds is 14. The summed E-state index contributed by atoms with van der Waals surface area (Å²) in [5, 5.41) is 12.1. The zero-order valence-electron chi connectivity index (χ0n) is 28.9. The van der Waals surface area contributed by atoms with Crippen molar-refractivity contribution in [2.24, 2.45) is 0 Å². The van der Waals surface area contributed by atoms with Gasteiger partial charge in [0.05, 0.1) is 62.4 Å². The van der Waals surface area contributed by atoms with E-state index < -0.39 is 23.9 Å². The first kappa shape index (κ1) is 36.6. The maximum atomic E-state index is 13.1. The van der Waals surface area contributed by atoms with E-state index in [-0.39, 0.29) is 19.0 Å². The molecule has 2 aliphatic rings. The third-order valence-electron chi connectivity index (χ3n) is 8.41. The summed E-state index contributed by atoms with van der Waals surface area (Å²) in [5.74, 6) is 1.85. The first-order valence-electron chi connectivity index (χ1n) is 17.0. The van der Waals surface area contributed by atoms with Gasteiger partial charge in [0.15, 0.2) is 0 Å². The molecule has 0 spiro atoms. The molecular formula is C38H49ClN2O8. The van der Waals surface area contributed by atoms with Crippen molar-refractivity contribution in [3.8, 4) is 17.2 Å². The van der Waals surface area contributed by atoms with E-state index in [2.05, 4.69) is 11.0 Å². The van der Waals surface area contributed by atoms with Gasteiger partial charge in [0, 0.05) is 32.6 Å². The molecule has 3 aromatic rings. The highest BCUT2D eigenvalue weighted by Gasteiger charge is 2.40. The summed E-state index contributed by atoms with van der Waals surface area (Å²) in [5.41, 5.74) is 2.25. The second-order valence-electron chi connectivity index (χ2n) is 13.4. The van der Waals surface area contributed by atoms with Crippen LogP contribution in [-0.4, -0.2) is 93.6 Å². The first-order valence-corrected chi connectivity index (χ1v) is 17.4. The summed E-state index contributed by atoms with van der Waals surface area (Å²) in [7, 11) is 1.71. The monoisotopic (exact) mass is 696 g/mol. The number of piperidine rings is 1. The third-order valence-corrected chi connectivity index (χ3v) is 8.73. The van der Waals surface area contributed by atoms with Crippen molar-refractivity contribution in [3.63, 3.8) is 0 Å². The normalized spacial score (nSPS) is 19.2. The van der Waals surface area contributed by atoms with Gasteiger partial charge in [-0.2, -0.15) is 0 Å². The highest BCUT2D eigenvalue weighted by atomic mass is 35.5. The van der Waals surface area contributed by atoms with Crippen LogP contribution in [0.2, 0.25) is 5.02 Å². The molecule has 10 nitrogen and oxygen atoms in total. The minimum atomic E-state index is -0.867. The summed E-state index contributed by atoms with van der Waals surface area (Å²) < 4.78 is 35.1. The van der Waals surface area contributed by atoms with Gasteiger partial charge in [-0.15, -0.1) is 0 Å².